The molecule has 0 aliphatic carbocycles. The number of benzene rings is 2. The van der Waals surface area contributed by atoms with E-state index in [1.165, 1.54) is 22.4 Å². The van der Waals surface area contributed by atoms with Crippen LogP contribution in [-0.4, -0.2) is 6.54 Å². The molecule has 18 heavy (non-hydrogen) atoms. The van der Waals surface area contributed by atoms with Crippen LogP contribution in [0.1, 0.15) is 16.7 Å². The fourth-order valence-corrected chi connectivity index (χ4v) is 2.80. The van der Waals surface area contributed by atoms with Gasteiger partial charge < -0.3 is 10.6 Å². The molecule has 0 saturated carbocycles. The lowest BCUT2D eigenvalue weighted by molar-refractivity contribution is 0.730. The topological polar surface area (TPSA) is 29.3 Å². The molecular formula is C16H18N2. The van der Waals surface area contributed by atoms with Crippen LogP contribution in [0, 0.1) is 6.92 Å². The molecule has 2 nitrogen and oxygen atoms in total. The quantitative estimate of drug-likeness (QED) is 0.773. The van der Waals surface area contributed by atoms with E-state index in [2.05, 4.69) is 42.2 Å². The highest BCUT2D eigenvalue weighted by Crippen LogP contribution is 2.31. The predicted molar refractivity (Wildman–Crippen MR) is 76.8 cm³/mol. The van der Waals surface area contributed by atoms with Gasteiger partial charge in [0.05, 0.1) is 11.4 Å². The van der Waals surface area contributed by atoms with Crippen molar-refractivity contribution >= 4 is 11.4 Å². The maximum atomic E-state index is 6.13. The molecule has 92 valence electrons. The number of rotatable bonds is 1. The van der Waals surface area contributed by atoms with Gasteiger partial charge >= 0.3 is 0 Å². The average molecular weight is 238 g/mol. The smallest absolute Gasteiger partial charge is 0.0632 e. The van der Waals surface area contributed by atoms with Gasteiger partial charge in [0.25, 0.3) is 0 Å². The summed E-state index contributed by atoms with van der Waals surface area (Å²) >= 11 is 0. The van der Waals surface area contributed by atoms with Crippen LogP contribution in [0.2, 0.25) is 0 Å². The summed E-state index contributed by atoms with van der Waals surface area (Å²) in [6.07, 6.45) is 1.10. The summed E-state index contributed by atoms with van der Waals surface area (Å²) in [6, 6.07) is 14.8. The van der Waals surface area contributed by atoms with Crippen LogP contribution in [0.25, 0.3) is 0 Å². The molecule has 0 bridgehead atoms. The van der Waals surface area contributed by atoms with Gasteiger partial charge in [0.2, 0.25) is 0 Å². The highest BCUT2D eigenvalue weighted by molar-refractivity contribution is 5.71. The van der Waals surface area contributed by atoms with E-state index in [0.29, 0.717) is 0 Å². The first kappa shape index (κ1) is 11.1. The highest BCUT2D eigenvalue weighted by Gasteiger charge is 2.18. The maximum Gasteiger partial charge on any atom is 0.0632 e. The van der Waals surface area contributed by atoms with E-state index in [1.54, 1.807) is 0 Å². The van der Waals surface area contributed by atoms with Crippen LogP contribution in [0.15, 0.2) is 42.5 Å². The fourth-order valence-electron chi connectivity index (χ4n) is 2.80. The van der Waals surface area contributed by atoms with Crippen LogP contribution in [0.5, 0.6) is 0 Å². The number of anilines is 2. The van der Waals surface area contributed by atoms with E-state index in [9.17, 15) is 0 Å². The number of hydrogen-bond acceptors (Lipinski definition) is 2. The van der Waals surface area contributed by atoms with Crippen molar-refractivity contribution in [3.8, 4) is 0 Å². The molecule has 0 unspecified atom stereocenters. The van der Waals surface area contributed by atoms with E-state index >= 15 is 0 Å². The lowest BCUT2D eigenvalue weighted by Gasteiger charge is -2.32. The van der Waals surface area contributed by atoms with E-state index < -0.39 is 0 Å². The molecule has 0 saturated heterocycles. The Labute approximate surface area is 108 Å². The summed E-state index contributed by atoms with van der Waals surface area (Å²) in [5.41, 5.74) is 12.4. The molecular weight excluding hydrogens is 220 g/mol. The molecule has 1 aliphatic heterocycles. The van der Waals surface area contributed by atoms with Gasteiger partial charge in [0.1, 0.15) is 0 Å². The monoisotopic (exact) mass is 238 g/mol. The normalized spacial score (nSPS) is 14.4. The standard InChI is InChI=1S/C16H18N2/c1-12-5-4-8-15(17)16(12)18-10-9-13-6-2-3-7-14(13)11-18/h2-8H,9-11,17H2,1H3. The summed E-state index contributed by atoms with van der Waals surface area (Å²) in [5.74, 6) is 0. The Hall–Kier alpha value is -1.96. The van der Waals surface area contributed by atoms with Crippen LogP contribution < -0.4 is 10.6 Å². The maximum absolute atomic E-state index is 6.13. The van der Waals surface area contributed by atoms with Crippen molar-refractivity contribution in [2.24, 2.45) is 0 Å². The highest BCUT2D eigenvalue weighted by atomic mass is 15.1. The van der Waals surface area contributed by atoms with Crippen molar-refractivity contribution < 1.29 is 0 Å². The molecule has 0 aromatic heterocycles. The van der Waals surface area contributed by atoms with Gasteiger partial charge in [0, 0.05) is 13.1 Å². The number of aryl methyl sites for hydroxylation is 1. The van der Waals surface area contributed by atoms with Crippen molar-refractivity contribution in [2.75, 3.05) is 17.2 Å². The molecule has 0 radical (unpaired) electrons. The predicted octanol–water partition coefficient (Wildman–Crippen LogP) is 3.14. The summed E-state index contributed by atoms with van der Waals surface area (Å²) in [5, 5.41) is 0. The molecule has 1 heterocycles. The second-order valence-electron chi connectivity index (χ2n) is 4.95. The molecule has 1 aliphatic rings. The summed E-state index contributed by atoms with van der Waals surface area (Å²) in [7, 11) is 0. The van der Waals surface area contributed by atoms with Crippen LogP contribution >= 0.6 is 0 Å². The van der Waals surface area contributed by atoms with Crippen molar-refractivity contribution in [2.45, 2.75) is 19.9 Å². The number of para-hydroxylation sites is 1. The zero-order valence-electron chi connectivity index (χ0n) is 10.7. The van der Waals surface area contributed by atoms with Gasteiger partial charge in [-0.15, -0.1) is 0 Å². The molecule has 3 rings (SSSR count). The zero-order chi connectivity index (χ0) is 12.5. The van der Waals surface area contributed by atoms with Crippen molar-refractivity contribution in [1.82, 2.24) is 0 Å². The van der Waals surface area contributed by atoms with E-state index in [1.807, 2.05) is 12.1 Å². The Kier molecular flexibility index (Phi) is 2.71. The van der Waals surface area contributed by atoms with E-state index in [0.717, 1.165) is 25.2 Å². The van der Waals surface area contributed by atoms with Gasteiger partial charge in [-0.1, -0.05) is 36.4 Å². The minimum Gasteiger partial charge on any atom is -0.397 e. The SMILES string of the molecule is Cc1cccc(N)c1N1CCc2ccccc2C1. The molecule has 2 aromatic rings. The molecule has 0 spiro atoms. The third-order valence-electron chi connectivity index (χ3n) is 3.72. The Bertz CT molecular complexity index is 555. The van der Waals surface area contributed by atoms with Gasteiger partial charge in [-0.05, 0) is 36.1 Å². The number of nitrogens with two attached hydrogens (primary N) is 1. The second kappa shape index (κ2) is 4.37. The van der Waals surface area contributed by atoms with Crippen molar-refractivity contribution in [3.05, 3.63) is 59.2 Å². The third-order valence-corrected chi connectivity index (χ3v) is 3.72. The minimum absolute atomic E-state index is 0.884. The molecule has 2 heteroatoms. The first-order chi connectivity index (χ1) is 8.75. The Balaban J connectivity index is 1.97. The van der Waals surface area contributed by atoms with Crippen LogP contribution in [0.3, 0.4) is 0 Å². The van der Waals surface area contributed by atoms with Gasteiger partial charge in [-0.3, -0.25) is 0 Å². The minimum atomic E-state index is 0.884. The zero-order valence-corrected chi connectivity index (χ0v) is 10.7. The van der Waals surface area contributed by atoms with E-state index in [-0.39, 0.29) is 0 Å². The largest absolute Gasteiger partial charge is 0.397 e. The number of hydrogen-bond donors (Lipinski definition) is 1. The Morgan fingerprint density at radius 3 is 2.56 bits per heavy atom. The summed E-state index contributed by atoms with van der Waals surface area (Å²) in [4.78, 5) is 2.40. The Morgan fingerprint density at radius 1 is 1.00 bits per heavy atom. The summed E-state index contributed by atoms with van der Waals surface area (Å²) < 4.78 is 0. The first-order valence-corrected chi connectivity index (χ1v) is 6.42. The van der Waals surface area contributed by atoms with Gasteiger partial charge in [0.15, 0.2) is 0 Å². The van der Waals surface area contributed by atoms with E-state index in [4.69, 9.17) is 5.73 Å². The molecule has 2 N–H and O–H groups in total. The van der Waals surface area contributed by atoms with Crippen LogP contribution in [0.4, 0.5) is 11.4 Å². The molecule has 0 fully saturated rings. The summed E-state index contributed by atoms with van der Waals surface area (Å²) in [6.45, 7) is 4.14. The number of nitrogens with zero attached hydrogens (tertiary/aromatic N) is 1. The Morgan fingerprint density at radius 2 is 1.78 bits per heavy atom. The number of fused-ring (bicyclic) bond motifs is 1. The first-order valence-electron chi connectivity index (χ1n) is 6.42. The van der Waals surface area contributed by atoms with Gasteiger partial charge in [-0.25, -0.2) is 0 Å². The second-order valence-corrected chi connectivity index (χ2v) is 4.95. The molecule has 0 atom stereocenters. The van der Waals surface area contributed by atoms with Gasteiger partial charge in [-0.2, -0.15) is 0 Å². The molecule has 2 aromatic carbocycles. The van der Waals surface area contributed by atoms with Crippen molar-refractivity contribution in [1.29, 1.82) is 0 Å². The average Bonchev–Trinajstić information content (AvgIpc) is 2.38. The lowest BCUT2D eigenvalue weighted by atomic mass is 9.98. The lowest BCUT2D eigenvalue weighted by Crippen LogP contribution is -2.31. The third kappa shape index (κ3) is 1.84. The molecule has 0 amide bonds. The number of nitrogen functional groups attached to an aromatic ring is 1. The fraction of sp³-hybridized carbons (Fsp3) is 0.250. The van der Waals surface area contributed by atoms with Crippen LogP contribution in [-0.2, 0) is 13.0 Å². The van der Waals surface area contributed by atoms with Crippen molar-refractivity contribution in [3.63, 3.8) is 0 Å².